The summed E-state index contributed by atoms with van der Waals surface area (Å²) < 4.78 is 2.56. The molecule has 0 fully saturated rings. The number of thiophene rings is 1. The Balaban J connectivity index is 2.34. The van der Waals surface area contributed by atoms with Crippen molar-refractivity contribution in [1.29, 1.82) is 0 Å². The zero-order valence-corrected chi connectivity index (χ0v) is 14.5. The summed E-state index contributed by atoms with van der Waals surface area (Å²) in [6, 6.07) is 6.61. The summed E-state index contributed by atoms with van der Waals surface area (Å²) in [6.07, 6.45) is 0. The van der Waals surface area contributed by atoms with E-state index in [0.29, 0.717) is 11.8 Å². The lowest BCUT2D eigenvalue weighted by Crippen LogP contribution is -2.19. The fourth-order valence-corrected chi connectivity index (χ4v) is 4.05. The van der Waals surface area contributed by atoms with Crippen molar-refractivity contribution in [2.45, 2.75) is 40.2 Å². The van der Waals surface area contributed by atoms with Crippen molar-refractivity contribution < 1.29 is 0 Å². The van der Waals surface area contributed by atoms with Gasteiger partial charge in [0.15, 0.2) is 0 Å². The molecule has 0 atom stereocenters. The van der Waals surface area contributed by atoms with Gasteiger partial charge in [0, 0.05) is 20.6 Å². The molecule has 0 aliphatic heterocycles. The van der Waals surface area contributed by atoms with E-state index >= 15 is 0 Å². The van der Waals surface area contributed by atoms with E-state index in [0.717, 1.165) is 13.1 Å². The van der Waals surface area contributed by atoms with Crippen molar-refractivity contribution in [2.24, 2.45) is 5.92 Å². The first-order valence-electron chi connectivity index (χ1n) is 6.90. The van der Waals surface area contributed by atoms with Gasteiger partial charge in [-0.25, -0.2) is 0 Å². The van der Waals surface area contributed by atoms with Crippen LogP contribution < -0.4 is 5.32 Å². The quantitative estimate of drug-likeness (QED) is 0.754. The first-order chi connectivity index (χ1) is 8.99. The van der Waals surface area contributed by atoms with Crippen LogP contribution in [0.15, 0.2) is 22.7 Å². The van der Waals surface area contributed by atoms with Crippen molar-refractivity contribution in [3.05, 3.63) is 33.1 Å². The minimum absolute atomic E-state index is 0.568. The predicted octanol–water partition coefficient (Wildman–Crippen LogP) is 5.53. The fourth-order valence-electron chi connectivity index (χ4n) is 2.38. The van der Waals surface area contributed by atoms with Crippen molar-refractivity contribution >= 4 is 37.4 Å². The van der Waals surface area contributed by atoms with Crippen molar-refractivity contribution in [3.63, 3.8) is 0 Å². The Bertz CT molecular complexity index is 557. The number of halogens is 1. The van der Waals surface area contributed by atoms with Gasteiger partial charge in [0.25, 0.3) is 0 Å². The van der Waals surface area contributed by atoms with E-state index in [4.69, 9.17) is 0 Å². The van der Waals surface area contributed by atoms with E-state index in [-0.39, 0.29) is 0 Å². The van der Waals surface area contributed by atoms with Gasteiger partial charge in [-0.1, -0.05) is 43.6 Å². The van der Waals surface area contributed by atoms with E-state index < -0.39 is 0 Å². The molecule has 2 rings (SSSR count). The topological polar surface area (TPSA) is 12.0 Å². The Hall–Kier alpha value is -0.380. The minimum Gasteiger partial charge on any atom is -0.312 e. The molecule has 104 valence electrons. The molecule has 0 saturated heterocycles. The molecule has 3 heteroatoms. The summed E-state index contributed by atoms with van der Waals surface area (Å²) >= 11 is 5.51. The molecule has 19 heavy (non-hydrogen) atoms. The zero-order valence-electron chi connectivity index (χ0n) is 12.1. The van der Waals surface area contributed by atoms with Crippen LogP contribution >= 0.6 is 27.3 Å². The van der Waals surface area contributed by atoms with E-state index in [2.05, 4.69) is 67.1 Å². The maximum atomic E-state index is 3.59. The van der Waals surface area contributed by atoms with Gasteiger partial charge < -0.3 is 5.32 Å². The molecule has 0 spiro atoms. The number of hydrogen-bond donors (Lipinski definition) is 1. The van der Waals surface area contributed by atoms with Gasteiger partial charge in [-0.05, 0) is 47.5 Å². The fraction of sp³-hybridized carbons (Fsp3) is 0.500. The highest BCUT2D eigenvalue weighted by Crippen LogP contribution is 2.37. The van der Waals surface area contributed by atoms with E-state index in [1.807, 2.05) is 11.3 Å². The van der Waals surface area contributed by atoms with Crippen molar-refractivity contribution in [3.8, 4) is 0 Å². The molecule has 1 aromatic heterocycles. The number of fused-ring (bicyclic) bond motifs is 1. The highest BCUT2D eigenvalue weighted by atomic mass is 79.9. The van der Waals surface area contributed by atoms with Gasteiger partial charge >= 0.3 is 0 Å². The van der Waals surface area contributed by atoms with Crippen LogP contribution in [-0.2, 0) is 6.54 Å². The second-order valence-corrected chi connectivity index (χ2v) is 7.81. The molecule has 0 amide bonds. The SMILES string of the molecule is CC(C)CNCc1sc2ccc(Br)cc2c1C(C)C. The van der Waals surface area contributed by atoms with Crippen LogP contribution in [0.3, 0.4) is 0 Å². The predicted molar refractivity (Wildman–Crippen MR) is 90.2 cm³/mol. The van der Waals surface area contributed by atoms with Gasteiger partial charge in [0.05, 0.1) is 0 Å². The van der Waals surface area contributed by atoms with Crippen molar-refractivity contribution in [2.75, 3.05) is 6.54 Å². The van der Waals surface area contributed by atoms with E-state index in [1.165, 1.54) is 25.0 Å². The molecule has 0 saturated carbocycles. The first-order valence-corrected chi connectivity index (χ1v) is 8.51. The van der Waals surface area contributed by atoms with Crippen LogP contribution in [0.5, 0.6) is 0 Å². The summed E-state index contributed by atoms with van der Waals surface area (Å²) in [4.78, 5) is 1.49. The number of rotatable bonds is 5. The molecule has 0 aliphatic carbocycles. The van der Waals surface area contributed by atoms with Gasteiger partial charge in [0.1, 0.15) is 0 Å². The molecule has 1 heterocycles. The Kier molecular flexibility index (Phi) is 5.04. The Labute approximate surface area is 128 Å². The van der Waals surface area contributed by atoms with Crippen LogP contribution in [-0.4, -0.2) is 6.54 Å². The molecule has 1 nitrogen and oxygen atoms in total. The second-order valence-electron chi connectivity index (χ2n) is 5.76. The van der Waals surface area contributed by atoms with Crippen LogP contribution in [0.2, 0.25) is 0 Å². The Morgan fingerprint density at radius 3 is 2.58 bits per heavy atom. The van der Waals surface area contributed by atoms with E-state index in [1.54, 1.807) is 0 Å². The third-order valence-corrected chi connectivity index (χ3v) is 4.86. The van der Waals surface area contributed by atoms with Gasteiger partial charge in [-0.15, -0.1) is 11.3 Å². The minimum atomic E-state index is 0.568. The summed E-state index contributed by atoms with van der Waals surface area (Å²) in [5.74, 6) is 1.27. The smallest absolute Gasteiger partial charge is 0.0349 e. The normalized spacial score (nSPS) is 11.9. The number of nitrogens with one attached hydrogen (secondary N) is 1. The van der Waals surface area contributed by atoms with Gasteiger partial charge in [-0.3, -0.25) is 0 Å². The Morgan fingerprint density at radius 1 is 1.21 bits per heavy atom. The van der Waals surface area contributed by atoms with Crippen LogP contribution in [0.4, 0.5) is 0 Å². The lowest BCUT2D eigenvalue weighted by Gasteiger charge is -2.10. The number of benzene rings is 1. The molecule has 0 aliphatic rings. The largest absolute Gasteiger partial charge is 0.312 e. The lowest BCUT2D eigenvalue weighted by atomic mass is 9.99. The monoisotopic (exact) mass is 339 g/mol. The average molecular weight is 340 g/mol. The summed E-state index contributed by atoms with van der Waals surface area (Å²) in [5, 5.41) is 4.98. The third-order valence-electron chi connectivity index (χ3n) is 3.18. The lowest BCUT2D eigenvalue weighted by molar-refractivity contribution is 0.553. The molecular formula is C16H22BrNS. The molecule has 2 aromatic rings. The average Bonchev–Trinajstić information content (AvgIpc) is 2.65. The number of hydrogen-bond acceptors (Lipinski definition) is 2. The van der Waals surface area contributed by atoms with Gasteiger partial charge in [0.2, 0.25) is 0 Å². The highest BCUT2D eigenvalue weighted by molar-refractivity contribution is 9.10. The molecule has 1 N–H and O–H groups in total. The summed E-state index contributed by atoms with van der Waals surface area (Å²) in [5.41, 5.74) is 1.51. The van der Waals surface area contributed by atoms with Crippen LogP contribution in [0.25, 0.3) is 10.1 Å². The third kappa shape index (κ3) is 3.59. The first kappa shape index (κ1) is 15.0. The van der Waals surface area contributed by atoms with Crippen LogP contribution in [0, 0.1) is 5.92 Å². The zero-order chi connectivity index (χ0) is 14.0. The second kappa shape index (κ2) is 6.38. The van der Waals surface area contributed by atoms with Gasteiger partial charge in [-0.2, -0.15) is 0 Å². The molecule has 0 radical (unpaired) electrons. The molecule has 0 unspecified atom stereocenters. The molecular weight excluding hydrogens is 318 g/mol. The maximum Gasteiger partial charge on any atom is 0.0349 e. The highest BCUT2D eigenvalue weighted by Gasteiger charge is 2.15. The molecule has 0 bridgehead atoms. The van der Waals surface area contributed by atoms with Crippen molar-refractivity contribution in [1.82, 2.24) is 5.32 Å². The van der Waals surface area contributed by atoms with E-state index in [9.17, 15) is 0 Å². The maximum absolute atomic E-state index is 3.59. The Morgan fingerprint density at radius 2 is 1.95 bits per heavy atom. The van der Waals surface area contributed by atoms with Crippen LogP contribution in [0.1, 0.15) is 44.1 Å². The standard InChI is InChI=1S/C16H22BrNS/c1-10(2)8-18-9-15-16(11(3)4)13-7-12(17)5-6-14(13)19-15/h5-7,10-11,18H,8-9H2,1-4H3. The summed E-state index contributed by atoms with van der Waals surface area (Å²) in [7, 11) is 0. The molecule has 1 aromatic carbocycles. The summed E-state index contributed by atoms with van der Waals surface area (Å²) in [6.45, 7) is 11.1.